The molecule has 2 rings (SSSR count). The number of amides is 1. The quantitative estimate of drug-likeness (QED) is 0.762. The number of hydrogen-bond acceptors (Lipinski definition) is 3. The van der Waals surface area contributed by atoms with Gasteiger partial charge in [0.15, 0.2) is 0 Å². The van der Waals surface area contributed by atoms with E-state index in [0.717, 1.165) is 6.54 Å². The van der Waals surface area contributed by atoms with E-state index in [2.05, 4.69) is 13.8 Å². The molecule has 1 heterocycles. The molecule has 2 aliphatic rings. The minimum absolute atomic E-state index is 0.0316. The second-order valence-electron chi connectivity index (χ2n) is 6.84. The predicted octanol–water partition coefficient (Wildman–Crippen LogP) is 1.87. The molecule has 1 saturated heterocycles. The summed E-state index contributed by atoms with van der Waals surface area (Å²) in [4.78, 5) is 13.7. The van der Waals surface area contributed by atoms with Crippen LogP contribution in [0.5, 0.6) is 0 Å². The molecule has 98 valence electrons. The number of fused-ring (bicyclic) bond motifs is 1. The molecule has 17 heavy (non-hydrogen) atoms. The molecule has 4 heteroatoms. The average Bonchev–Trinajstić information content (AvgIpc) is 2.59. The van der Waals surface area contributed by atoms with Crippen LogP contribution in [-0.4, -0.2) is 40.9 Å². The summed E-state index contributed by atoms with van der Waals surface area (Å²) in [5.74, 6) is 0.951. The zero-order chi connectivity index (χ0) is 13.0. The Balaban J connectivity index is 2.03. The van der Waals surface area contributed by atoms with Crippen molar-refractivity contribution >= 4 is 6.09 Å². The molecule has 1 aliphatic carbocycles. The lowest BCUT2D eigenvalue weighted by Crippen LogP contribution is -2.45. The van der Waals surface area contributed by atoms with Crippen LogP contribution in [0.25, 0.3) is 0 Å². The van der Waals surface area contributed by atoms with E-state index < -0.39 is 5.60 Å². The number of nitrogens with zero attached hydrogens (tertiary/aromatic N) is 1. The number of likely N-dealkylation sites (tertiary alicyclic amines) is 1. The maximum atomic E-state index is 12.0. The first-order chi connectivity index (χ1) is 7.68. The molecule has 0 unspecified atom stereocenters. The largest absolute Gasteiger partial charge is 0.444 e. The van der Waals surface area contributed by atoms with Crippen LogP contribution in [0.3, 0.4) is 0 Å². The SMILES string of the molecule is CC(C)(C)OC(=O)N1C[C@H]2[C@@H]([C@@H]1CO)C2(C)C. The lowest BCUT2D eigenvalue weighted by atomic mass is 10.0. The van der Waals surface area contributed by atoms with Crippen molar-refractivity contribution in [3.05, 3.63) is 0 Å². The van der Waals surface area contributed by atoms with E-state index in [1.165, 1.54) is 0 Å². The van der Waals surface area contributed by atoms with Crippen LogP contribution in [0.1, 0.15) is 34.6 Å². The molecule has 0 aromatic heterocycles. The summed E-state index contributed by atoms with van der Waals surface area (Å²) in [6.45, 7) is 10.7. The summed E-state index contributed by atoms with van der Waals surface area (Å²) >= 11 is 0. The minimum Gasteiger partial charge on any atom is -0.444 e. The Labute approximate surface area is 103 Å². The van der Waals surface area contributed by atoms with Gasteiger partial charge in [0, 0.05) is 6.54 Å². The normalized spacial score (nSPS) is 34.5. The van der Waals surface area contributed by atoms with E-state index in [0.29, 0.717) is 11.8 Å². The van der Waals surface area contributed by atoms with E-state index in [1.54, 1.807) is 4.90 Å². The summed E-state index contributed by atoms with van der Waals surface area (Å²) in [5.41, 5.74) is -0.203. The second kappa shape index (κ2) is 3.61. The van der Waals surface area contributed by atoms with Crippen molar-refractivity contribution in [3.63, 3.8) is 0 Å². The molecule has 1 amide bonds. The van der Waals surface area contributed by atoms with Gasteiger partial charge in [-0.1, -0.05) is 13.8 Å². The van der Waals surface area contributed by atoms with Crippen LogP contribution in [0, 0.1) is 17.3 Å². The number of aliphatic hydroxyl groups is 1. The summed E-state index contributed by atoms with van der Waals surface area (Å²) in [6.07, 6.45) is -0.292. The first-order valence-corrected chi connectivity index (χ1v) is 6.29. The summed E-state index contributed by atoms with van der Waals surface area (Å²) in [5, 5.41) is 9.46. The summed E-state index contributed by atoms with van der Waals surface area (Å²) in [6, 6.07) is -0.0650. The molecule has 0 spiro atoms. The van der Waals surface area contributed by atoms with Gasteiger partial charge in [-0.3, -0.25) is 0 Å². The first kappa shape index (κ1) is 12.7. The number of aliphatic hydroxyl groups excluding tert-OH is 1. The second-order valence-corrected chi connectivity index (χ2v) is 6.84. The van der Waals surface area contributed by atoms with Crippen molar-refractivity contribution in [1.29, 1.82) is 0 Å². The van der Waals surface area contributed by atoms with Gasteiger partial charge in [0.2, 0.25) is 0 Å². The standard InChI is InChI=1S/C13H23NO3/c1-12(2,3)17-11(16)14-6-8-10(9(14)7-15)13(8,4)5/h8-10,15H,6-7H2,1-5H3/t8-,9-,10-/m0/s1. The number of rotatable bonds is 1. The predicted molar refractivity (Wildman–Crippen MR) is 64.6 cm³/mol. The number of carbonyl (C=O) groups excluding carboxylic acids is 1. The van der Waals surface area contributed by atoms with E-state index >= 15 is 0 Å². The number of carbonyl (C=O) groups is 1. The molecule has 0 bridgehead atoms. The fourth-order valence-corrected chi connectivity index (χ4v) is 3.18. The highest BCUT2D eigenvalue weighted by molar-refractivity contribution is 5.69. The van der Waals surface area contributed by atoms with Gasteiger partial charge in [0.05, 0.1) is 12.6 Å². The molecule has 0 aromatic carbocycles. The van der Waals surface area contributed by atoms with E-state index in [1.807, 2.05) is 20.8 Å². The number of hydrogen-bond donors (Lipinski definition) is 1. The van der Waals surface area contributed by atoms with Crippen LogP contribution >= 0.6 is 0 Å². The number of ether oxygens (including phenoxy) is 1. The third-order valence-electron chi connectivity index (χ3n) is 4.16. The maximum Gasteiger partial charge on any atom is 0.410 e. The molecule has 1 N–H and O–H groups in total. The van der Waals surface area contributed by atoms with Crippen LogP contribution < -0.4 is 0 Å². The van der Waals surface area contributed by atoms with Crippen LogP contribution in [0.2, 0.25) is 0 Å². The van der Waals surface area contributed by atoms with E-state index in [4.69, 9.17) is 4.74 Å². The van der Waals surface area contributed by atoms with Crippen molar-refractivity contribution in [2.24, 2.45) is 17.3 Å². The number of piperidine rings is 1. The molecule has 4 nitrogen and oxygen atoms in total. The van der Waals surface area contributed by atoms with Crippen molar-refractivity contribution in [2.75, 3.05) is 13.2 Å². The van der Waals surface area contributed by atoms with Crippen molar-refractivity contribution in [3.8, 4) is 0 Å². The van der Waals surface area contributed by atoms with Gasteiger partial charge in [0.1, 0.15) is 5.60 Å². The fraction of sp³-hybridized carbons (Fsp3) is 0.923. The van der Waals surface area contributed by atoms with Crippen LogP contribution in [0.4, 0.5) is 4.79 Å². The van der Waals surface area contributed by atoms with Crippen LogP contribution in [-0.2, 0) is 4.74 Å². The smallest absolute Gasteiger partial charge is 0.410 e. The third-order valence-corrected chi connectivity index (χ3v) is 4.16. The van der Waals surface area contributed by atoms with Gasteiger partial charge in [-0.15, -0.1) is 0 Å². The van der Waals surface area contributed by atoms with Crippen LogP contribution in [0.15, 0.2) is 0 Å². The van der Waals surface area contributed by atoms with Crippen molar-refractivity contribution < 1.29 is 14.6 Å². The van der Waals surface area contributed by atoms with Gasteiger partial charge in [-0.05, 0) is 38.0 Å². The summed E-state index contributed by atoms with van der Waals surface area (Å²) < 4.78 is 5.37. The highest BCUT2D eigenvalue weighted by Gasteiger charge is 2.67. The van der Waals surface area contributed by atoms with Gasteiger partial charge in [-0.2, -0.15) is 0 Å². The van der Waals surface area contributed by atoms with Gasteiger partial charge < -0.3 is 14.7 Å². The summed E-state index contributed by atoms with van der Waals surface area (Å²) in [7, 11) is 0. The molecular weight excluding hydrogens is 218 g/mol. The maximum absolute atomic E-state index is 12.0. The van der Waals surface area contributed by atoms with Crippen molar-refractivity contribution in [1.82, 2.24) is 4.90 Å². The Hall–Kier alpha value is -0.770. The molecular formula is C13H23NO3. The monoisotopic (exact) mass is 241 g/mol. The highest BCUT2D eigenvalue weighted by atomic mass is 16.6. The fourth-order valence-electron chi connectivity index (χ4n) is 3.18. The van der Waals surface area contributed by atoms with Gasteiger partial charge in [0.25, 0.3) is 0 Å². The Kier molecular flexibility index (Phi) is 2.69. The molecule has 1 aliphatic heterocycles. The first-order valence-electron chi connectivity index (χ1n) is 6.29. The Bertz CT molecular complexity index is 332. The zero-order valence-electron chi connectivity index (χ0n) is 11.4. The molecule has 0 radical (unpaired) electrons. The average molecular weight is 241 g/mol. The topological polar surface area (TPSA) is 49.8 Å². The van der Waals surface area contributed by atoms with Gasteiger partial charge >= 0.3 is 6.09 Å². The van der Waals surface area contributed by atoms with E-state index in [9.17, 15) is 9.90 Å². The van der Waals surface area contributed by atoms with E-state index in [-0.39, 0.29) is 24.2 Å². The molecule has 2 fully saturated rings. The highest BCUT2D eigenvalue weighted by Crippen LogP contribution is 2.64. The zero-order valence-corrected chi connectivity index (χ0v) is 11.4. The van der Waals surface area contributed by atoms with Gasteiger partial charge in [-0.25, -0.2) is 4.79 Å². The molecule has 3 atom stereocenters. The third kappa shape index (κ3) is 2.03. The van der Waals surface area contributed by atoms with Crippen molar-refractivity contribution in [2.45, 2.75) is 46.3 Å². The Morgan fingerprint density at radius 2 is 2.06 bits per heavy atom. The Morgan fingerprint density at radius 3 is 2.53 bits per heavy atom. The lowest BCUT2D eigenvalue weighted by molar-refractivity contribution is 0.00960. The molecule has 0 aromatic rings. The lowest BCUT2D eigenvalue weighted by Gasteiger charge is -2.31. The minimum atomic E-state index is -0.473. The molecule has 1 saturated carbocycles. The Morgan fingerprint density at radius 1 is 1.47 bits per heavy atom.